The fraction of sp³-hybridized carbons (Fsp3) is 0.812. The van der Waals surface area contributed by atoms with E-state index in [1.807, 2.05) is 4.90 Å². The number of carbonyl (C=O) groups is 3. The Morgan fingerprint density at radius 2 is 1.67 bits per heavy atom. The van der Waals surface area contributed by atoms with Gasteiger partial charge in [-0.2, -0.15) is 0 Å². The number of fused-ring (bicyclic) bond motifs is 1. The van der Waals surface area contributed by atoms with Gasteiger partial charge in [0.05, 0.1) is 0 Å². The maximum atomic E-state index is 12.5. The molecule has 0 bridgehead atoms. The van der Waals surface area contributed by atoms with Crippen molar-refractivity contribution in [1.82, 2.24) is 9.80 Å². The van der Waals surface area contributed by atoms with E-state index in [4.69, 9.17) is 0 Å². The molecule has 1 aliphatic carbocycles. The maximum Gasteiger partial charge on any atom is 0.229 e. The van der Waals surface area contributed by atoms with Gasteiger partial charge in [0, 0.05) is 38.4 Å². The molecule has 2 atom stereocenters. The molecule has 116 valence electrons. The topological polar surface area (TPSA) is 57.7 Å². The second kappa shape index (κ2) is 6.16. The van der Waals surface area contributed by atoms with Gasteiger partial charge >= 0.3 is 0 Å². The van der Waals surface area contributed by atoms with E-state index in [-0.39, 0.29) is 24.3 Å². The van der Waals surface area contributed by atoms with Gasteiger partial charge in [-0.3, -0.25) is 19.3 Å². The lowest BCUT2D eigenvalue weighted by Crippen LogP contribution is -2.50. The first-order valence-electron chi connectivity index (χ1n) is 8.29. The number of likely N-dealkylation sites (tertiary alicyclic amines) is 2. The normalized spacial score (nSPS) is 29.7. The van der Waals surface area contributed by atoms with Crippen molar-refractivity contribution in [2.45, 2.75) is 63.8 Å². The lowest BCUT2D eigenvalue weighted by molar-refractivity contribution is -0.141. The van der Waals surface area contributed by atoms with Crippen LogP contribution in [0.4, 0.5) is 0 Å². The summed E-state index contributed by atoms with van der Waals surface area (Å²) in [6, 6.07) is 0.407. The van der Waals surface area contributed by atoms with E-state index < -0.39 is 0 Å². The molecule has 3 aliphatic rings. The molecule has 0 spiro atoms. The highest BCUT2D eigenvalue weighted by Gasteiger charge is 2.36. The largest absolute Gasteiger partial charge is 0.339 e. The smallest absolute Gasteiger partial charge is 0.229 e. The molecule has 2 aliphatic heterocycles. The third-order valence-electron chi connectivity index (χ3n) is 5.27. The highest BCUT2D eigenvalue weighted by Crippen LogP contribution is 2.35. The van der Waals surface area contributed by atoms with Crippen LogP contribution in [0, 0.1) is 5.92 Å². The van der Waals surface area contributed by atoms with E-state index >= 15 is 0 Å². The number of carbonyl (C=O) groups excluding carboxylic acids is 3. The predicted molar refractivity (Wildman–Crippen MR) is 77.3 cm³/mol. The van der Waals surface area contributed by atoms with Crippen molar-refractivity contribution in [2.75, 3.05) is 13.1 Å². The predicted octanol–water partition coefficient (Wildman–Crippen LogP) is 1.71. The summed E-state index contributed by atoms with van der Waals surface area (Å²) < 4.78 is 0. The van der Waals surface area contributed by atoms with E-state index in [2.05, 4.69) is 0 Å². The first kappa shape index (κ1) is 14.5. The molecule has 0 unspecified atom stereocenters. The average molecular weight is 292 g/mol. The lowest BCUT2D eigenvalue weighted by atomic mass is 9.78. The van der Waals surface area contributed by atoms with Gasteiger partial charge in [-0.25, -0.2) is 0 Å². The fourth-order valence-corrected chi connectivity index (χ4v) is 4.16. The molecule has 1 saturated carbocycles. The Bertz CT molecular complexity index is 431. The standard InChI is InChI=1S/C16H24N2O3/c19-14-7-8-15(20)18(14)11-9-16(21)17-10-3-5-12-4-1-2-6-13(12)17/h12-13H,1-11H2/t12-,13-/m1/s1. The molecule has 0 radical (unpaired) electrons. The third-order valence-corrected chi connectivity index (χ3v) is 5.27. The number of rotatable bonds is 3. The van der Waals surface area contributed by atoms with Crippen LogP contribution in [0.3, 0.4) is 0 Å². The van der Waals surface area contributed by atoms with Crippen LogP contribution < -0.4 is 0 Å². The molecular formula is C16H24N2O3. The number of piperidine rings is 1. The monoisotopic (exact) mass is 292 g/mol. The zero-order chi connectivity index (χ0) is 14.8. The summed E-state index contributed by atoms with van der Waals surface area (Å²) in [6.07, 6.45) is 8.12. The molecule has 0 aromatic carbocycles. The molecule has 5 nitrogen and oxygen atoms in total. The maximum absolute atomic E-state index is 12.5. The number of hydrogen-bond donors (Lipinski definition) is 0. The Kier molecular flexibility index (Phi) is 4.27. The SMILES string of the molecule is O=C1CCC(=O)N1CCC(=O)N1CCC[C@H]2CCCC[C@H]21. The molecule has 0 aromatic rings. The Hall–Kier alpha value is -1.39. The summed E-state index contributed by atoms with van der Waals surface area (Å²) in [5.41, 5.74) is 0. The summed E-state index contributed by atoms with van der Waals surface area (Å²) in [7, 11) is 0. The van der Waals surface area contributed by atoms with Crippen LogP contribution in [0.2, 0.25) is 0 Å². The summed E-state index contributed by atoms with van der Waals surface area (Å²) in [5, 5.41) is 0. The van der Waals surface area contributed by atoms with Gasteiger partial charge in [-0.1, -0.05) is 12.8 Å². The Labute approximate surface area is 125 Å². The summed E-state index contributed by atoms with van der Waals surface area (Å²) in [4.78, 5) is 39.0. The van der Waals surface area contributed by atoms with Gasteiger partial charge < -0.3 is 4.90 Å². The minimum absolute atomic E-state index is 0.123. The van der Waals surface area contributed by atoms with Gasteiger partial charge in [-0.05, 0) is 31.6 Å². The van der Waals surface area contributed by atoms with Crippen molar-refractivity contribution in [1.29, 1.82) is 0 Å². The Morgan fingerprint density at radius 1 is 1.00 bits per heavy atom. The molecule has 3 rings (SSSR count). The van der Waals surface area contributed by atoms with Crippen LogP contribution >= 0.6 is 0 Å². The van der Waals surface area contributed by atoms with Gasteiger partial charge in [0.15, 0.2) is 0 Å². The first-order valence-corrected chi connectivity index (χ1v) is 8.29. The Balaban J connectivity index is 1.57. The quantitative estimate of drug-likeness (QED) is 0.744. The summed E-state index contributed by atoms with van der Waals surface area (Å²) >= 11 is 0. The van der Waals surface area contributed by atoms with E-state index in [0.717, 1.165) is 19.4 Å². The second-order valence-corrected chi connectivity index (χ2v) is 6.53. The first-order chi connectivity index (χ1) is 10.2. The zero-order valence-corrected chi connectivity index (χ0v) is 12.6. The van der Waals surface area contributed by atoms with Crippen LogP contribution in [0.15, 0.2) is 0 Å². The Morgan fingerprint density at radius 3 is 2.43 bits per heavy atom. The van der Waals surface area contributed by atoms with Crippen molar-refractivity contribution < 1.29 is 14.4 Å². The van der Waals surface area contributed by atoms with Crippen LogP contribution in [0.5, 0.6) is 0 Å². The summed E-state index contributed by atoms with van der Waals surface area (Å²) in [6.45, 7) is 1.12. The second-order valence-electron chi connectivity index (χ2n) is 6.53. The molecule has 0 aromatic heterocycles. The van der Waals surface area contributed by atoms with Crippen molar-refractivity contribution in [3.05, 3.63) is 0 Å². The minimum atomic E-state index is -0.123. The van der Waals surface area contributed by atoms with Crippen molar-refractivity contribution in [3.8, 4) is 0 Å². The van der Waals surface area contributed by atoms with Crippen molar-refractivity contribution in [2.24, 2.45) is 5.92 Å². The third kappa shape index (κ3) is 2.97. The average Bonchev–Trinajstić information content (AvgIpc) is 2.83. The molecule has 5 heteroatoms. The van der Waals surface area contributed by atoms with Crippen molar-refractivity contribution in [3.63, 3.8) is 0 Å². The zero-order valence-electron chi connectivity index (χ0n) is 12.6. The van der Waals surface area contributed by atoms with Crippen LogP contribution in [-0.2, 0) is 14.4 Å². The van der Waals surface area contributed by atoms with E-state index in [9.17, 15) is 14.4 Å². The van der Waals surface area contributed by atoms with Crippen molar-refractivity contribution >= 4 is 17.7 Å². The molecule has 2 heterocycles. The number of nitrogens with zero attached hydrogens (tertiary/aromatic N) is 2. The molecule has 2 saturated heterocycles. The fourth-order valence-electron chi connectivity index (χ4n) is 4.16. The van der Waals surface area contributed by atoms with Crippen LogP contribution in [0.1, 0.15) is 57.8 Å². The van der Waals surface area contributed by atoms with Gasteiger partial charge in [0.1, 0.15) is 0 Å². The highest BCUT2D eigenvalue weighted by atomic mass is 16.2. The van der Waals surface area contributed by atoms with E-state index in [0.29, 0.717) is 31.2 Å². The lowest BCUT2D eigenvalue weighted by Gasteiger charge is -2.44. The highest BCUT2D eigenvalue weighted by molar-refractivity contribution is 6.02. The molecule has 21 heavy (non-hydrogen) atoms. The number of hydrogen-bond acceptors (Lipinski definition) is 3. The molecular weight excluding hydrogens is 268 g/mol. The van der Waals surface area contributed by atoms with Gasteiger partial charge in [0.25, 0.3) is 0 Å². The van der Waals surface area contributed by atoms with Gasteiger partial charge in [-0.15, -0.1) is 0 Å². The minimum Gasteiger partial charge on any atom is -0.339 e. The van der Waals surface area contributed by atoms with Gasteiger partial charge in [0.2, 0.25) is 17.7 Å². The number of amides is 3. The molecule has 0 N–H and O–H groups in total. The molecule has 3 fully saturated rings. The summed E-state index contributed by atoms with van der Waals surface area (Å²) in [5.74, 6) is 0.551. The molecule has 3 amide bonds. The number of imide groups is 1. The van der Waals surface area contributed by atoms with E-state index in [1.54, 1.807) is 0 Å². The van der Waals surface area contributed by atoms with E-state index in [1.165, 1.54) is 30.6 Å². The van der Waals surface area contributed by atoms with Crippen LogP contribution in [0.25, 0.3) is 0 Å². The van der Waals surface area contributed by atoms with Crippen LogP contribution in [-0.4, -0.2) is 46.7 Å².